The molecule has 3 aromatic rings. The molecule has 4 fully saturated rings. The second-order valence-electron chi connectivity index (χ2n) is 21.0. The third kappa shape index (κ3) is 10.8. The van der Waals surface area contributed by atoms with Gasteiger partial charge in [-0.05, 0) is 136 Å². The fraction of sp³-hybridized carbons (Fsp3) is 0.564. The summed E-state index contributed by atoms with van der Waals surface area (Å²) in [7, 11) is 0. The third-order valence-electron chi connectivity index (χ3n) is 15.5. The van der Waals surface area contributed by atoms with Gasteiger partial charge in [0.05, 0.1) is 24.8 Å². The summed E-state index contributed by atoms with van der Waals surface area (Å²) in [6, 6.07) is 19.5. The number of piperidine rings is 2. The summed E-state index contributed by atoms with van der Waals surface area (Å²) in [5.41, 5.74) is 5.14. The molecule has 2 aliphatic carbocycles. The van der Waals surface area contributed by atoms with Crippen LogP contribution in [0, 0.1) is 47.8 Å². The first-order valence-electron chi connectivity index (χ1n) is 24.7. The van der Waals surface area contributed by atoms with Crippen LogP contribution in [0.2, 0.25) is 0 Å². The topological polar surface area (TPSA) is 142 Å². The normalized spacial score (nSPS) is 25.7. The lowest BCUT2D eigenvalue weighted by Crippen LogP contribution is -2.66. The summed E-state index contributed by atoms with van der Waals surface area (Å²) in [6.07, 6.45) is 8.36. The van der Waals surface area contributed by atoms with Gasteiger partial charge in [0.15, 0.2) is 17.3 Å². The molecule has 2 saturated heterocycles. The Labute approximate surface area is 397 Å². The van der Waals surface area contributed by atoms with Gasteiger partial charge >= 0.3 is 0 Å². The number of fused-ring (bicyclic) bond motifs is 9. The van der Waals surface area contributed by atoms with Crippen LogP contribution in [0.15, 0.2) is 66.9 Å². The maximum atomic E-state index is 13.8. The minimum atomic E-state index is -0.604. The van der Waals surface area contributed by atoms with Gasteiger partial charge in [0.1, 0.15) is 24.0 Å². The maximum absolute atomic E-state index is 13.8. The van der Waals surface area contributed by atoms with Crippen molar-refractivity contribution in [2.45, 2.75) is 130 Å². The zero-order valence-corrected chi connectivity index (χ0v) is 40.6. The molecular formula is C55H71N5O7. The highest BCUT2D eigenvalue weighted by atomic mass is 16.5. The van der Waals surface area contributed by atoms with Crippen molar-refractivity contribution in [3.05, 3.63) is 94.7 Å². The number of benzene rings is 3. The predicted octanol–water partition coefficient (Wildman–Crippen LogP) is 9.11. The molecule has 1 unspecified atom stereocenters. The third-order valence-corrected chi connectivity index (χ3v) is 15.5. The predicted molar refractivity (Wildman–Crippen MR) is 260 cm³/mol. The van der Waals surface area contributed by atoms with Gasteiger partial charge in [-0.1, -0.05) is 34.3 Å². The van der Waals surface area contributed by atoms with Crippen LogP contribution in [0.4, 0.5) is 5.69 Å². The number of aryl methyl sites for hydroxylation is 2. The SMILES string of the molecule is C=C1CCC(NC(=O)c2ccc3c(c2)OC2CC(C2)N(CC2CCN(c4ccc(C(=O)CC5C(C)(C)C(Oc6cc(C)c(C#N)c(C)c6)C5(C)C)cc4)CC2)CCOCCCCCO3)C(=O)N1. The summed E-state index contributed by atoms with van der Waals surface area (Å²) in [5.74, 6) is 2.31. The van der Waals surface area contributed by atoms with E-state index >= 15 is 0 Å². The molecule has 2 saturated carbocycles. The molecule has 3 aromatic carbocycles. The molecule has 0 radical (unpaired) electrons. The smallest absolute Gasteiger partial charge is 0.252 e. The highest BCUT2D eigenvalue weighted by Crippen LogP contribution is 2.62. The lowest BCUT2D eigenvalue weighted by molar-refractivity contribution is -0.196. The number of hydrogen-bond acceptors (Lipinski definition) is 10. The Kier molecular flexibility index (Phi) is 14.7. The summed E-state index contributed by atoms with van der Waals surface area (Å²) >= 11 is 0. The number of allylic oxidation sites excluding steroid dienone is 1. The number of carbonyl (C=O) groups is 3. The zero-order chi connectivity index (χ0) is 47.5. The highest BCUT2D eigenvalue weighted by Gasteiger charge is 2.63. The molecule has 9 rings (SSSR count). The Morgan fingerprint density at radius 1 is 0.881 bits per heavy atom. The van der Waals surface area contributed by atoms with Crippen LogP contribution in [0.1, 0.15) is 129 Å². The van der Waals surface area contributed by atoms with E-state index in [9.17, 15) is 19.6 Å². The Balaban J connectivity index is 0.833. The molecule has 0 aromatic heterocycles. The molecule has 2 N–H and O–H groups in total. The molecule has 1 atom stereocenters. The number of nitrogens with zero attached hydrogens (tertiary/aromatic N) is 3. The molecule has 12 heteroatoms. The van der Waals surface area contributed by atoms with E-state index in [1.54, 1.807) is 12.1 Å². The van der Waals surface area contributed by atoms with Crippen LogP contribution in [-0.4, -0.2) is 92.8 Å². The first-order valence-corrected chi connectivity index (χ1v) is 24.7. The Bertz CT molecular complexity index is 2300. The number of amides is 2. The standard InChI is InChI=1S/C55H71N5O7/c1-35-27-43(28-36(2)45(35)33-56)67-53-54(4,5)50(55(53,6)7)32-47(61)39-12-15-41(16-13-39)59-21-19-38(20-22-59)34-60-23-26-64-24-9-8-10-25-65-48-18-14-40(29-49(48)66-44-30-42(60)31-44)51(62)58-46-17-11-37(3)57-52(46)63/h12-16,18,27-29,38,42,44,46,50,53H,3,8-11,17,19-26,30-32,34H2,1-2,4-7H3,(H,57,63)(H,58,62). The number of ether oxygens (including phenoxy) is 4. The molecule has 2 bridgehead atoms. The number of nitrogens with one attached hydrogen (secondary N) is 2. The molecule has 12 nitrogen and oxygen atoms in total. The van der Waals surface area contributed by atoms with Gasteiger partial charge in [-0.25, -0.2) is 0 Å². The van der Waals surface area contributed by atoms with Crippen molar-refractivity contribution >= 4 is 23.3 Å². The van der Waals surface area contributed by atoms with E-state index < -0.39 is 6.04 Å². The van der Waals surface area contributed by atoms with Crippen LogP contribution in [0.3, 0.4) is 0 Å². The van der Waals surface area contributed by atoms with Crippen molar-refractivity contribution < 1.29 is 33.3 Å². The fourth-order valence-electron chi connectivity index (χ4n) is 11.7. The van der Waals surface area contributed by atoms with Crippen LogP contribution >= 0.6 is 0 Å². The van der Waals surface area contributed by atoms with E-state index in [1.807, 2.05) is 44.2 Å². The van der Waals surface area contributed by atoms with E-state index in [0.29, 0.717) is 72.8 Å². The van der Waals surface area contributed by atoms with Gasteiger partial charge < -0.3 is 34.5 Å². The van der Waals surface area contributed by atoms with Crippen molar-refractivity contribution in [2.75, 3.05) is 50.9 Å². The first kappa shape index (κ1) is 48.1. The molecular weight excluding hydrogens is 843 g/mol. The van der Waals surface area contributed by atoms with Gasteiger partial charge in [0.2, 0.25) is 5.91 Å². The van der Waals surface area contributed by atoms with Gasteiger partial charge in [-0.15, -0.1) is 0 Å². The van der Waals surface area contributed by atoms with Crippen LogP contribution in [0.25, 0.3) is 0 Å². The number of anilines is 1. The summed E-state index contributed by atoms with van der Waals surface area (Å²) in [6.45, 7) is 22.4. The zero-order valence-electron chi connectivity index (χ0n) is 40.6. The lowest BCUT2D eigenvalue weighted by atomic mass is 9.44. The van der Waals surface area contributed by atoms with Crippen molar-refractivity contribution in [3.63, 3.8) is 0 Å². The van der Waals surface area contributed by atoms with Gasteiger partial charge in [-0.2, -0.15) is 5.26 Å². The Hall–Kier alpha value is -5.38. The minimum absolute atomic E-state index is 0.000265. The molecule has 358 valence electrons. The maximum Gasteiger partial charge on any atom is 0.252 e. The van der Waals surface area contributed by atoms with E-state index in [1.165, 1.54) is 0 Å². The number of ketones is 1. The molecule has 4 aliphatic heterocycles. The first-order chi connectivity index (χ1) is 32.1. The Morgan fingerprint density at radius 3 is 2.25 bits per heavy atom. The number of Topliss-reactive ketones (excluding diaryl/α,β-unsaturated/α-hetero) is 1. The van der Waals surface area contributed by atoms with Gasteiger partial charge in [-0.3, -0.25) is 19.3 Å². The minimum Gasteiger partial charge on any atom is -0.490 e. The largest absolute Gasteiger partial charge is 0.490 e. The molecule has 6 aliphatic rings. The van der Waals surface area contributed by atoms with Crippen LogP contribution in [0.5, 0.6) is 17.2 Å². The number of rotatable bonds is 10. The molecule has 2 amide bonds. The summed E-state index contributed by atoms with van der Waals surface area (Å²) in [4.78, 5) is 44.7. The van der Waals surface area contributed by atoms with E-state index in [0.717, 1.165) is 106 Å². The number of nitriles is 1. The van der Waals surface area contributed by atoms with Crippen molar-refractivity contribution in [3.8, 4) is 23.3 Å². The van der Waals surface area contributed by atoms with Crippen molar-refractivity contribution in [1.82, 2.24) is 15.5 Å². The van der Waals surface area contributed by atoms with Crippen molar-refractivity contribution in [1.29, 1.82) is 5.26 Å². The Morgan fingerprint density at radius 2 is 1.57 bits per heavy atom. The number of carbonyl (C=O) groups excluding carboxylic acids is 3. The second kappa shape index (κ2) is 20.5. The monoisotopic (exact) mass is 914 g/mol. The fourth-order valence-corrected chi connectivity index (χ4v) is 11.7. The van der Waals surface area contributed by atoms with E-state index in [4.69, 9.17) is 18.9 Å². The van der Waals surface area contributed by atoms with E-state index in [-0.39, 0.29) is 46.6 Å². The second-order valence-corrected chi connectivity index (χ2v) is 21.0. The van der Waals surface area contributed by atoms with Crippen LogP contribution in [-0.2, 0) is 9.53 Å². The van der Waals surface area contributed by atoms with E-state index in [2.05, 4.69) is 72.9 Å². The van der Waals surface area contributed by atoms with Gasteiger partial charge in [0.25, 0.3) is 5.91 Å². The highest BCUT2D eigenvalue weighted by molar-refractivity contribution is 5.98. The molecule has 0 spiro atoms. The quantitative estimate of drug-likeness (QED) is 0.189. The number of hydrogen-bond donors (Lipinski definition) is 2. The molecule has 67 heavy (non-hydrogen) atoms. The summed E-state index contributed by atoms with van der Waals surface area (Å²) < 4.78 is 25.6. The molecule has 4 heterocycles. The van der Waals surface area contributed by atoms with Crippen LogP contribution < -0.4 is 29.7 Å². The average Bonchev–Trinajstić information content (AvgIpc) is 3.28. The van der Waals surface area contributed by atoms with Gasteiger partial charge in [0, 0.05) is 91.4 Å². The van der Waals surface area contributed by atoms with Crippen molar-refractivity contribution in [2.24, 2.45) is 22.7 Å². The average molecular weight is 914 g/mol. The lowest BCUT2D eigenvalue weighted by Gasteiger charge is -2.63. The summed E-state index contributed by atoms with van der Waals surface area (Å²) in [5, 5.41) is 15.2.